The van der Waals surface area contributed by atoms with Gasteiger partial charge in [0.25, 0.3) is 0 Å². The standard InChI is InChI=1S/C17H24FNO/c1-4-14(2)12-19(3)13-16-9-15(7-5-6-8-20)10-17(18)11-16/h9-11,14,20H,4,6,8,12-13H2,1-3H3. The molecule has 0 radical (unpaired) electrons. The quantitative estimate of drug-likeness (QED) is 0.808. The van der Waals surface area contributed by atoms with Crippen LogP contribution in [0.3, 0.4) is 0 Å². The third-order valence-electron chi connectivity index (χ3n) is 3.20. The van der Waals surface area contributed by atoms with Crippen LogP contribution in [0.2, 0.25) is 0 Å². The lowest BCUT2D eigenvalue weighted by molar-refractivity contribution is 0.275. The largest absolute Gasteiger partial charge is 0.395 e. The highest BCUT2D eigenvalue weighted by atomic mass is 19.1. The predicted octanol–water partition coefficient (Wildman–Crippen LogP) is 3.04. The first kappa shape index (κ1) is 16.7. The van der Waals surface area contributed by atoms with Crippen molar-refractivity contribution in [1.29, 1.82) is 0 Å². The van der Waals surface area contributed by atoms with Gasteiger partial charge in [-0.15, -0.1) is 0 Å². The molecule has 0 aliphatic carbocycles. The van der Waals surface area contributed by atoms with E-state index in [1.165, 1.54) is 6.07 Å². The van der Waals surface area contributed by atoms with E-state index in [0.29, 0.717) is 17.9 Å². The Morgan fingerprint density at radius 2 is 2.10 bits per heavy atom. The zero-order valence-electron chi connectivity index (χ0n) is 12.6. The molecule has 20 heavy (non-hydrogen) atoms. The second kappa shape index (κ2) is 8.73. The molecule has 110 valence electrons. The summed E-state index contributed by atoms with van der Waals surface area (Å²) < 4.78 is 13.6. The molecule has 0 aromatic heterocycles. The lowest BCUT2D eigenvalue weighted by Gasteiger charge is -2.20. The summed E-state index contributed by atoms with van der Waals surface area (Å²) in [7, 11) is 2.05. The third kappa shape index (κ3) is 6.18. The van der Waals surface area contributed by atoms with E-state index in [9.17, 15) is 4.39 Å². The molecule has 0 aliphatic rings. The van der Waals surface area contributed by atoms with Gasteiger partial charge in [0, 0.05) is 25.1 Å². The fourth-order valence-corrected chi connectivity index (χ4v) is 2.07. The van der Waals surface area contributed by atoms with E-state index in [4.69, 9.17) is 5.11 Å². The van der Waals surface area contributed by atoms with Crippen molar-refractivity contribution in [3.05, 3.63) is 35.1 Å². The van der Waals surface area contributed by atoms with E-state index in [1.807, 2.05) is 13.1 Å². The first-order chi connectivity index (χ1) is 9.55. The van der Waals surface area contributed by atoms with Crippen molar-refractivity contribution in [1.82, 2.24) is 4.90 Å². The Bertz CT molecular complexity index is 476. The molecule has 1 aromatic rings. The van der Waals surface area contributed by atoms with E-state index in [1.54, 1.807) is 6.07 Å². The first-order valence-corrected chi connectivity index (χ1v) is 7.12. The molecule has 0 aliphatic heterocycles. The maximum absolute atomic E-state index is 13.6. The number of aliphatic hydroxyl groups excluding tert-OH is 1. The summed E-state index contributed by atoms with van der Waals surface area (Å²) in [6.45, 7) is 6.14. The van der Waals surface area contributed by atoms with Gasteiger partial charge in [0.05, 0.1) is 6.61 Å². The summed E-state index contributed by atoms with van der Waals surface area (Å²) in [4.78, 5) is 2.20. The summed E-state index contributed by atoms with van der Waals surface area (Å²) in [5.41, 5.74) is 1.61. The first-order valence-electron chi connectivity index (χ1n) is 7.12. The SMILES string of the molecule is CCC(C)CN(C)Cc1cc(F)cc(C#CCCO)c1. The van der Waals surface area contributed by atoms with Crippen molar-refractivity contribution in [3.8, 4) is 11.8 Å². The van der Waals surface area contributed by atoms with Gasteiger partial charge in [-0.25, -0.2) is 4.39 Å². The molecule has 0 saturated heterocycles. The van der Waals surface area contributed by atoms with E-state index < -0.39 is 0 Å². The van der Waals surface area contributed by atoms with Crippen LogP contribution in [-0.2, 0) is 6.54 Å². The minimum absolute atomic E-state index is 0.0345. The highest BCUT2D eigenvalue weighted by Gasteiger charge is 2.07. The minimum atomic E-state index is -0.257. The Labute approximate surface area is 121 Å². The smallest absolute Gasteiger partial charge is 0.124 e. The van der Waals surface area contributed by atoms with Gasteiger partial charge in [-0.3, -0.25) is 0 Å². The maximum Gasteiger partial charge on any atom is 0.124 e. The molecule has 0 bridgehead atoms. The molecular formula is C17H24FNO. The fraction of sp³-hybridized carbons (Fsp3) is 0.529. The molecule has 0 heterocycles. The molecule has 0 fully saturated rings. The lowest BCUT2D eigenvalue weighted by atomic mass is 10.1. The van der Waals surface area contributed by atoms with Crippen LogP contribution >= 0.6 is 0 Å². The van der Waals surface area contributed by atoms with Crippen LogP contribution in [0, 0.1) is 23.6 Å². The monoisotopic (exact) mass is 277 g/mol. The van der Waals surface area contributed by atoms with Crippen molar-refractivity contribution in [2.45, 2.75) is 33.2 Å². The van der Waals surface area contributed by atoms with E-state index >= 15 is 0 Å². The summed E-state index contributed by atoms with van der Waals surface area (Å²) in [6.07, 6.45) is 1.56. The van der Waals surface area contributed by atoms with Crippen LogP contribution in [0.4, 0.5) is 4.39 Å². The topological polar surface area (TPSA) is 23.5 Å². The van der Waals surface area contributed by atoms with Crippen LogP contribution in [0.25, 0.3) is 0 Å². The van der Waals surface area contributed by atoms with E-state index in [2.05, 4.69) is 30.6 Å². The summed E-state index contributed by atoms with van der Waals surface area (Å²) >= 11 is 0. The third-order valence-corrected chi connectivity index (χ3v) is 3.20. The van der Waals surface area contributed by atoms with Gasteiger partial charge in [0.15, 0.2) is 0 Å². The normalized spacial score (nSPS) is 12.1. The highest BCUT2D eigenvalue weighted by Crippen LogP contribution is 2.12. The summed E-state index contributed by atoms with van der Waals surface area (Å²) in [5, 5.41) is 8.70. The number of aliphatic hydroxyl groups is 1. The van der Waals surface area contributed by atoms with E-state index in [-0.39, 0.29) is 12.4 Å². The fourth-order valence-electron chi connectivity index (χ4n) is 2.07. The molecule has 0 spiro atoms. The zero-order valence-corrected chi connectivity index (χ0v) is 12.6. The van der Waals surface area contributed by atoms with Gasteiger partial charge in [-0.1, -0.05) is 32.1 Å². The Hall–Kier alpha value is -1.37. The average molecular weight is 277 g/mol. The van der Waals surface area contributed by atoms with Crippen LogP contribution < -0.4 is 0 Å². The summed E-state index contributed by atoms with van der Waals surface area (Å²) in [5.74, 6) is 6.08. The van der Waals surface area contributed by atoms with Gasteiger partial charge >= 0.3 is 0 Å². The van der Waals surface area contributed by atoms with Crippen molar-refractivity contribution < 1.29 is 9.50 Å². The molecule has 1 atom stereocenters. The van der Waals surface area contributed by atoms with E-state index in [0.717, 1.165) is 25.1 Å². The van der Waals surface area contributed by atoms with Crippen molar-refractivity contribution in [2.24, 2.45) is 5.92 Å². The average Bonchev–Trinajstić information content (AvgIpc) is 2.38. The van der Waals surface area contributed by atoms with Gasteiger partial charge in [-0.2, -0.15) is 0 Å². The van der Waals surface area contributed by atoms with Crippen molar-refractivity contribution >= 4 is 0 Å². The number of rotatable bonds is 6. The predicted molar refractivity (Wildman–Crippen MR) is 80.8 cm³/mol. The molecule has 1 rings (SSSR count). The molecule has 1 N–H and O–H groups in total. The molecule has 1 aromatic carbocycles. The van der Waals surface area contributed by atoms with Crippen LogP contribution in [-0.4, -0.2) is 30.2 Å². The Kier molecular flexibility index (Phi) is 7.28. The molecular weight excluding hydrogens is 253 g/mol. The maximum atomic E-state index is 13.6. The number of hydrogen-bond acceptors (Lipinski definition) is 2. The van der Waals surface area contributed by atoms with Gasteiger partial charge < -0.3 is 10.0 Å². The zero-order chi connectivity index (χ0) is 15.0. The molecule has 0 saturated carbocycles. The second-order valence-corrected chi connectivity index (χ2v) is 5.33. The lowest BCUT2D eigenvalue weighted by Crippen LogP contribution is -2.23. The van der Waals surface area contributed by atoms with Crippen molar-refractivity contribution in [2.75, 3.05) is 20.2 Å². The van der Waals surface area contributed by atoms with Gasteiger partial charge in [0.2, 0.25) is 0 Å². The number of hydrogen-bond donors (Lipinski definition) is 1. The van der Waals surface area contributed by atoms with Crippen LogP contribution in [0.5, 0.6) is 0 Å². The van der Waals surface area contributed by atoms with Gasteiger partial charge in [0.1, 0.15) is 5.82 Å². The number of halogens is 1. The van der Waals surface area contributed by atoms with Crippen molar-refractivity contribution in [3.63, 3.8) is 0 Å². The molecule has 0 amide bonds. The molecule has 3 heteroatoms. The Morgan fingerprint density at radius 1 is 1.35 bits per heavy atom. The van der Waals surface area contributed by atoms with Gasteiger partial charge in [-0.05, 0) is 36.7 Å². The Balaban J connectivity index is 2.73. The highest BCUT2D eigenvalue weighted by molar-refractivity contribution is 5.37. The van der Waals surface area contributed by atoms with Crippen LogP contribution in [0.15, 0.2) is 18.2 Å². The summed E-state index contributed by atoms with van der Waals surface area (Å²) in [6, 6.07) is 4.91. The molecule has 1 unspecified atom stereocenters. The Morgan fingerprint density at radius 3 is 2.75 bits per heavy atom. The minimum Gasteiger partial charge on any atom is -0.395 e. The van der Waals surface area contributed by atoms with Crippen LogP contribution in [0.1, 0.15) is 37.8 Å². The number of nitrogens with zero attached hydrogens (tertiary/aromatic N) is 1. The molecule has 2 nitrogen and oxygen atoms in total. The second-order valence-electron chi connectivity index (χ2n) is 5.33. The number of benzene rings is 1.